The number of methoxy groups -OCH3 is 1. The maximum absolute atomic E-state index is 11.1. The molecule has 0 spiro atoms. The van der Waals surface area contributed by atoms with Crippen LogP contribution in [0.3, 0.4) is 0 Å². The van der Waals surface area contributed by atoms with Crippen LogP contribution in [0.5, 0.6) is 11.6 Å². The van der Waals surface area contributed by atoms with Gasteiger partial charge in [-0.3, -0.25) is 10.1 Å². The number of carboxylic acid groups (broad SMARTS) is 1. The van der Waals surface area contributed by atoms with Gasteiger partial charge in [-0.05, 0) is 23.8 Å². The number of nitrogens with zero attached hydrogens (tertiary/aromatic N) is 1. The van der Waals surface area contributed by atoms with Crippen molar-refractivity contribution >= 4 is 17.7 Å². The van der Waals surface area contributed by atoms with E-state index in [1.165, 1.54) is 0 Å². The van der Waals surface area contributed by atoms with Crippen LogP contribution in [0, 0.1) is 0 Å². The van der Waals surface area contributed by atoms with Crippen molar-refractivity contribution in [3.63, 3.8) is 0 Å². The minimum Gasteiger partial charge on any atom is -0.496 e. The van der Waals surface area contributed by atoms with E-state index < -0.39 is 12.0 Å². The topological polar surface area (TPSA) is 80.7 Å². The highest BCUT2D eigenvalue weighted by atomic mass is 32.2. The molecule has 1 saturated heterocycles. The number of aromatic nitrogens is 1. The molecule has 6 nitrogen and oxygen atoms in total. The van der Waals surface area contributed by atoms with Crippen LogP contribution in [0.1, 0.15) is 16.5 Å². The van der Waals surface area contributed by atoms with E-state index in [-0.39, 0.29) is 5.37 Å². The van der Waals surface area contributed by atoms with Gasteiger partial charge in [0.25, 0.3) is 0 Å². The van der Waals surface area contributed by atoms with E-state index in [9.17, 15) is 4.79 Å². The Morgan fingerprint density at radius 3 is 2.96 bits per heavy atom. The molecule has 126 valence electrons. The minimum absolute atomic E-state index is 0.0504. The van der Waals surface area contributed by atoms with Gasteiger partial charge in [0.2, 0.25) is 5.88 Å². The first-order valence-electron chi connectivity index (χ1n) is 7.48. The second-order valence-corrected chi connectivity index (χ2v) is 6.44. The Morgan fingerprint density at radius 2 is 2.29 bits per heavy atom. The number of rotatable bonds is 6. The van der Waals surface area contributed by atoms with Gasteiger partial charge in [0, 0.05) is 23.6 Å². The number of benzene rings is 1. The fourth-order valence-electron chi connectivity index (χ4n) is 2.46. The Balaban J connectivity index is 1.74. The van der Waals surface area contributed by atoms with Crippen molar-refractivity contribution in [1.82, 2.24) is 10.3 Å². The van der Waals surface area contributed by atoms with Gasteiger partial charge in [0.15, 0.2) is 0 Å². The molecule has 7 heteroatoms. The third kappa shape index (κ3) is 3.80. The van der Waals surface area contributed by atoms with Gasteiger partial charge in [0.05, 0.1) is 12.5 Å². The zero-order chi connectivity index (χ0) is 16.9. The molecule has 3 rings (SSSR count). The Kier molecular flexibility index (Phi) is 5.22. The van der Waals surface area contributed by atoms with Crippen LogP contribution in [-0.4, -0.2) is 35.0 Å². The Bertz CT molecular complexity index is 711. The Hall–Kier alpha value is -2.25. The molecule has 1 aromatic heterocycles. The van der Waals surface area contributed by atoms with Crippen LogP contribution in [0.15, 0.2) is 42.6 Å². The molecule has 2 N–H and O–H groups in total. The van der Waals surface area contributed by atoms with E-state index in [0.717, 1.165) is 16.9 Å². The van der Waals surface area contributed by atoms with E-state index in [2.05, 4.69) is 10.3 Å². The van der Waals surface area contributed by atoms with Crippen LogP contribution in [0.4, 0.5) is 0 Å². The maximum Gasteiger partial charge on any atom is 0.321 e. The summed E-state index contributed by atoms with van der Waals surface area (Å²) in [5, 5.41) is 12.2. The SMILES string of the molecule is COc1ccc(C2NC(C(=O)O)CS2)cc1COc1ccccn1. The highest BCUT2D eigenvalue weighted by Crippen LogP contribution is 2.35. The molecule has 2 aromatic rings. The molecule has 0 radical (unpaired) electrons. The lowest BCUT2D eigenvalue weighted by Crippen LogP contribution is -2.33. The minimum atomic E-state index is -0.822. The van der Waals surface area contributed by atoms with Crippen molar-refractivity contribution in [2.24, 2.45) is 0 Å². The number of pyridine rings is 1. The number of nitrogens with one attached hydrogen (secondary N) is 1. The highest BCUT2D eigenvalue weighted by molar-refractivity contribution is 7.99. The number of carbonyl (C=O) groups is 1. The van der Waals surface area contributed by atoms with Crippen LogP contribution in [0.25, 0.3) is 0 Å². The fraction of sp³-hybridized carbons (Fsp3) is 0.294. The lowest BCUT2D eigenvalue weighted by Gasteiger charge is -2.15. The summed E-state index contributed by atoms with van der Waals surface area (Å²) in [6, 6.07) is 10.8. The summed E-state index contributed by atoms with van der Waals surface area (Å²) in [7, 11) is 1.61. The lowest BCUT2D eigenvalue weighted by molar-refractivity contribution is -0.138. The van der Waals surface area contributed by atoms with Crippen LogP contribution in [0.2, 0.25) is 0 Å². The van der Waals surface area contributed by atoms with E-state index >= 15 is 0 Å². The molecule has 24 heavy (non-hydrogen) atoms. The number of thioether (sulfide) groups is 1. The van der Waals surface area contributed by atoms with Gasteiger partial charge in [-0.1, -0.05) is 12.1 Å². The standard InChI is InChI=1S/C17H18N2O4S/c1-22-14-6-5-11(16-19-13(10-24-16)17(20)21)8-12(14)9-23-15-4-2-3-7-18-15/h2-8,13,16,19H,9-10H2,1H3,(H,20,21). The van der Waals surface area contributed by atoms with Crippen molar-refractivity contribution in [1.29, 1.82) is 0 Å². The summed E-state index contributed by atoms with van der Waals surface area (Å²) in [5.74, 6) is 1.00. The first-order chi connectivity index (χ1) is 11.7. The second-order valence-electron chi connectivity index (χ2n) is 5.30. The summed E-state index contributed by atoms with van der Waals surface area (Å²) >= 11 is 1.58. The van der Waals surface area contributed by atoms with E-state index in [4.69, 9.17) is 14.6 Å². The molecule has 1 aromatic carbocycles. The number of hydrogen-bond donors (Lipinski definition) is 2. The second kappa shape index (κ2) is 7.55. The van der Waals surface area contributed by atoms with Crippen LogP contribution in [-0.2, 0) is 11.4 Å². The predicted octanol–water partition coefficient (Wildman–Crippen LogP) is 2.46. The lowest BCUT2D eigenvalue weighted by atomic mass is 10.1. The van der Waals surface area contributed by atoms with E-state index in [1.54, 1.807) is 31.1 Å². The molecule has 0 amide bonds. The monoisotopic (exact) mass is 346 g/mol. The summed E-state index contributed by atoms with van der Waals surface area (Å²) in [4.78, 5) is 15.2. The van der Waals surface area contributed by atoms with Crippen LogP contribution >= 0.6 is 11.8 Å². The number of carboxylic acids is 1. The molecule has 0 saturated carbocycles. The average Bonchev–Trinajstić information content (AvgIpc) is 3.11. The molecule has 0 aliphatic carbocycles. The molecule has 2 unspecified atom stereocenters. The zero-order valence-corrected chi connectivity index (χ0v) is 14.0. The van der Waals surface area contributed by atoms with E-state index in [1.807, 2.05) is 30.3 Å². The summed E-state index contributed by atoms with van der Waals surface area (Å²) in [6.07, 6.45) is 1.67. The quantitative estimate of drug-likeness (QED) is 0.831. The molecule has 1 fully saturated rings. The Morgan fingerprint density at radius 1 is 1.42 bits per heavy atom. The third-order valence-corrected chi connectivity index (χ3v) is 4.97. The van der Waals surface area contributed by atoms with Gasteiger partial charge in [-0.25, -0.2) is 4.98 Å². The molecule has 2 heterocycles. The number of ether oxygens (including phenoxy) is 2. The molecular formula is C17H18N2O4S. The predicted molar refractivity (Wildman–Crippen MR) is 91.3 cm³/mol. The summed E-state index contributed by atoms with van der Waals surface area (Å²) in [5.41, 5.74) is 1.89. The Labute approximate surface area is 144 Å². The maximum atomic E-state index is 11.1. The van der Waals surface area contributed by atoms with Gasteiger partial charge in [0.1, 0.15) is 18.4 Å². The summed E-state index contributed by atoms with van der Waals surface area (Å²) in [6.45, 7) is 0.327. The smallest absolute Gasteiger partial charge is 0.321 e. The first-order valence-corrected chi connectivity index (χ1v) is 8.53. The molecule has 1 aliphatic rings. The van der Waals surface area contributed by atoms with E-state index in [0.29, 0.717) is 18.2 Å². The first kappa shape index (κ1) is 16.6. The zero-order valence-electron chi connectivity index (χ0n) is 13.1. The third-order valence-electron chi connectivity index (χ3n) is 3.70. The molecule has 1 aliphatic heterocycles. The van der Waals surface area contributed by atoms with Gasteiger partial charge in [-0.2, -0.15) is 0 Å². The van der Waals surface area contributed by atoms with Crippen molar-refractivity contribution in [3.05, 3.63) is 53.7 Å². The molecular weight excluding hydrogens is 328 g/mol. The van der Waals surface area contributed by atoms with Gasteiger partial charge in [-0.15, -0.1) is 11.8 Å². The van der Waals surface area contributed by atoms with Crippen LogP contribution < -0.4 is 14.8 Å². The van der Waals surface area contributed by atoms with Crippen molar-refractivity contribution in [2.75, 3.05) is 12.9 Å². The van der Waals surface area contributed by atoms with Crippen molar-refractivity contribution in [3.8, 4) is 11.6 Å². The fourth-order valence-corrected chi connectivity index (χ4v) is 3.69. The number of aliphatic carboxylic acids is 1. The van der Waals surface area contributed by atoms with Crippen molar-refractivity contribution in [2.45, 2.75) is 18.0 Å². The molecule has 2 atom stereocenters. The summed E-state index contributed by atoms with van der Waals surface area (Å²) < 4.78 is 11.1. The molecule has 0 bridgehead atoms. The van der Waals surface area contributed by atoms with Crippen molar-refractivity contribution < 1.29 is 19.4 Å². The largest absolute Gasteiger partial charge is 0.496 e. The van der Waals surface area contributed by atoms with Gasteiger partial charge >= 0.3 is 5.97 Å². The number of hydrogen-bond acceptors (Lipinski definition) is 6. The highest BCUT2D eigenvalue weighted by Gasteiger charge is 2.30. The average molecular weight is 346 g/mol. The normalized spacial score (nSPS) is 19.9. The van der Waals surface area contributed by atoms with Gasteiger partial charge < -0.3 is 14.6 Å².